The molecule has 0 bridgehead atoms. The first-order valence-corrected chi connectivity index (χ1v) is 13.5. The van der Waals surface area contributed by atoms with E-state index in [0.717, 1.165) is 84.7 Å². The molecule has 1 aliphatic carbocycles. The standard InChI is InChI=1S/C31H36ClN3/c1-4-5-10-22(2)34-17-19-35(20-18-34)23(3)25-15-16-27-29(21-25)33-31-26(24-11-7-6-8-12-24)13-9-14-28(31)30(27)32/h6-8,11-12,15-16,21,26H,2-5,9-10,13-14,17-20H2,1H3. The lowest BCUT2D eigenvalue weighted by Crippen LogP contribution is -2.44. The lowest BCUT2D eigenvalue weighted by atomic mass is 9.81. The van der Waals surface area contributed by atoms with Crippen molar-refractivity contribution >= 4 is 28.2 Å². The number of piperazine rings is 1. The number of nitrogens with zero attached hydrogens (tertiary/aromatic N) is 3. The number of hydrogen-bond donors (Lipinski definition) is 0. The summed E-state index contributed by atoms with van der Waals surface area (Å²) in [5, 5.41) is 1.93. The molecule has 1 aromatic heterocycles. The van der Waals surface area contributed by atoms with Gasteiger partial charge in [0, 0.05) is 48.9 Å². The van der Waals surface area contributed by atoms with Crippen LogP contribution in [0.15, 0.2) is 67.4 Å². The van der Waals surface area contributed by atoms with Crippen molar-refractivity contribution < 1.29 is 0 Å². The van der Waals surface area contributed by atoms with Gasteiger partial charge in [0.15, 0.2) is 0 Å². The van der Waals surface area contributed by atoms with Crippen LogP contribution in [0.4, 0.5) is 0 Å². The number of fused-ring (bicyclic) bond motifs is 2. The van der Waals surface area contributed by atoms with Gasteiger partial charge in [0.05, 0.1) is 16.2 Å². The SMILES string of the molecule is C=C(CCCC)N1CCN(C(=C)c2ccc3c(Cl)c4c(nc3c2)C(c2ccccc2)CCC4)CC1. The number of allylic oxidation sites excluding steroid dienone is 1. The van der Waals surface area contributed by atoms with Crippen LogP contribution >= 0.6 is 11.6 Å². The van der Waals surface area contributed by atoms with E-state index in [-0.39, 0.29) is 0 Å². The fourth-order valence-electron chi connectivity index (χ4n) is 5.63. The number of aromatic nitrogens is 1. The zero-order chi connectivity index (χ0) is 24.4. The van der Waals surface area contributed by atoms with Crippen molar-refractivity contribution in [2.24, 2.45) is 0 Å². The summed E-state index contributed by atoms with van der Waals surface area (Å²) in [6.45, 7) is 15.0. The van der Waals surface area contributed by atoms with E-state index < -0.39 is 0 Å². The van der Waals surface area contributed by atoms with Gasteiger partial charge in [0.1, 0.15) is 0 Å². The van der Waals surface area contributed by atoms with E-state index in [1.54, 1.807) is 0 Å². The fourth-order valence-corrected chi connectivity index (χ4v) is 5.98. The van der Waals surface area contributed by atoms with Gasteiger partial charge in [-0.3, -0.25) is 4.98 Å². The highest BCUT2D eigenvalue weighted by molar-refractivity contribution is 6.36. The molecular weight excluding hydrogens is 450 g/mol. The quantitative estimate of drug-likeness (QED) is 0.342. The van der Waals surface area contributed by atoms with E-state index >= 15 is 0 Å². The van der Waals surface area contributed by atoms with Crippen LogP contribution < -0.4 is 0 Å². The molecule has 35 heavy (non-hydrogen) atoms. The maximum atomic E-state index is 6.99. The molecule has 2 aliphatic rings. The Bertz CT molecular complexity index is 1220. The van der Waals surface area contributed by atoms with Crippen molar-refractivity contribution in [2.75, 3.05) is 26.2 Å². The summed E-state index contributed by atoms with van der Waals surface area (Å²) in [6.07, 6.45) is 6.79. The van der Waals surface area contributed by atoms with Crippen molar-refractivity contribution in [3.8, 4) is 0 Å². The highest BCUT2D eigenvalue weighted by Crippen LogP contribution is 2.41. The van der Waals surface area contributed by atoms with Crippen molar-refractivity contribution in [3.63, 3.8) is 0 Å². The molecule has 0 amide bonds. The minimum atomic E-state index is 0.308. The van der Waals surface area contributed by atoms with E-state index in [0.29, 0.717) is 5.92 Å². The second kappa shape index (κ2) is 10.5. The smallest absolute Gasteiger partial charge is 0.0727 e. The Kier molecular flexibility index (Phi) is 7.15. The molecule has 1 aliphatic heterocycles. The van der Waals surface area contributed by atoms with Gasteiger partial charge in [-0.25, -0.2) is 0 Å². The molecule has 0 N–H and O–H groups in total. The summed E-state index contributed by atoms with van der Waals surface area (Å²) < 4.78 is 0. The molecule has 1 fully saturated rings. The third-order valence-corrected chi connectivity index (χ3v) is 8.19. The molecule has 3 aromatic rings. The zero-order valence-corrected chi connectivity index (χ0v) is 21.7. The van der Waals surface area contributed by atoms with Crippen molar-refractivity contribution in [1.82, 2.24) is 14.8 Å². The van der Waals surface area contributed by atoms with Gasteiger partial charge < -0.3 is 9.80 Å². The van der Waals surface area contributed by atoms with E-state index in [2.05, 4.69) is 78.4 Å². The maximum Gasteiger partial charge on any atom is 0.0727 e. The van der Waals surface area contributed by atoms with Crippen molar-refractivity contribution in [1.29, 1.82) is 0 Å². The van der Waals surface area contributed by atoms with Crippen LogP contribution in [0.25, 0.3) is 16.6 Å². The Morgan fingerprint density at radius 2 is 1.77 bits per heavy atom. The highest BCUT2D eigenvalue weighted by atomic mass is 35.5. The molecule has 4 heteroatoms. The van der Waals surface area contributed by atoms with Crippen LogP contribution in [0.2, 0.25) is 5.02 Å². The van der Waals surface area contributed by atoms with Gasteiger partial charge in [0.2, 0.25) is 0 Å². The lowest BCUT2D eigenvalue weighted by molar-refractivity contribution is 0.209. The molecule has 182 valence electrons. The largest absolute Gasteiger partial charge is 0.372 e. The summed E-state index contributed by atoms with van der Waals surface area (Å²) in [4.78, 5) is 10.1. The number of rotatable bonds is 7. The molecule has 3 nitrogen and oxygen atoms in total. The predicted molar refractivity (Wildman–Crippen MR) is 149 cm³/mol. The minimum Gasteiger partial charge on any atom is -0.372 e. The normalized spacial score (nSPS) is 17.9. The molecule has 0 saturated carbocycles. The van der Waals surface area contributed by atoms with Crippen LogP contribution in [-0.4, -0.2) is 41.0 Å². The summed E-state index contributed by atoms with van der Waals surface area (Å²) in [7, 11) is 0. The third kappa shape index (κ3) is 4.84. The average Bonchev–Trinajstić information content (AvgIpc) is 2.91. The first kappa shape index (κ1) is 23.9. The van der Waals surface area contributed by atoms with Gasteiger partial charge >= 0.3 is 0 Å². The summed E-state index contributed by atoms with van der Waals surface area (Å²) in [5.74, 6) is 0.308. The molecule has 2 aromatic carbocycles. The zero-order valence-electron chi connectivity index (χ0n) is 20.9. The monoisotopic (exact) mass is 485 g/mol. The van der Waals surface area contributed by atoms with Crippen LogP contribution in [-0.2, 0) is 6.42 Å². The Hall–Kier alpha value is -2.78. The topological polar surface area (TPSA) is 19.4 Å². The van der Waals surface area contributed by atoms with Crippen molar-refractivity contribution in [3.05, 3.63) is 94.8 Å². The van der Waals surface area contributed by atoms with Crippen LogP contribution in [0, 0.1) is 0 Å². The first-order valence-electron chi connectivity index (χ1n) is 13.1. The molecule has 0 spiro atoms. The van der Waals surface area contributed by atoms with Gasteiger partial charge in [-0.05, 0) is 54.9 Å². The Morgan fingerprint density at radius 3 is 2.51 bits per heavy atom. The summed E-state index contributed by atoms with van der Waals surface area (Å²) >= 11 is 6.99. The summed E-state index contributed by atoms with van der Waals surface area (Å²) in [5.41, 5.74) is 8.16. The Balaban J connectivity index is 1.39. The molecule has 1 atom stereocenters. The van der Waals surface area contributed by atoms with Crippen LogP contribution in [0.5, 0.6) is 0 Å². The van der Waals surface area contributed by atoms with Gasteiger partial charge in [0.25, 0.3) is 0 Å². The van der Waals surface area contributed by atoms with E-state index in [1.165, 1.54) is 29.7 Å². The molecule has 1 unspecified atom stereocenters. The number of hydrogen-bond acceptors (Lipinski definition) is 3. The second-order valence-electron chi connectivity index (χ2n) is 9.97. The molecule has 0 radical (unpaired) electrons. The lowest BCUT2D eigenvalue weighted by Gasteiger charge is -2.39. The van der Waals surface area contributed by atoms with Crippen molar-refractivity contribution in [2.45, 2.75) is 51.4 Å². The first-order chi connectivity index (χ1) is 17.1. The Labute approximate surface area is 215 Å². The Morgan fingerprint density at radius 1 is 1.03 bits per heavy atom. The van der Waals surface area contributed by atoms with E-state index in [4.69, 9.17) is 16.6 Å². The molecule has 5 rings (SSSR count). The van der Waals surface area contributed by atoms with Crippen LogP contribution in [0.3, 0.4) is 0 Å². The third-order valence-electron chi connectivity index (χ3n) is 7.76. The number of pyridine rings is 1. The average molecular weight is 486 g/mol. The number of benzene rings is 2. The fraction of sp³-hybridized carbons (Fsp3) is 0.387. The van der Waals surface area contributed by atoms with E-state index in [1.807, 2.05) is 0 Å². The van der Waals surface area contributed by atoms with E-state index in [9.17, 15) is 0 Å². The molecule has 1 saturated heterocycles. The number of halogens is 1. The predicted octanol–water partition coefficient (Wildman–Crippen LogP) is 7.65. The van der Waals surface area contributed by atoms with Gasteiger partial charge in [-0.2, -0.15) is 0 Å². The second-order valence-corrected chi connectivity index (χ2v) is 10.3. The molecular formula is C31H36ClN3. The molecule has 2 heterocycles. The summed E-state index contributed by atoms with van der Waals surface area (Å²) in [6, 6.07) is 17.2. The number of unbranched alkanes of at least 4 members (excludes halogenated alkanes) is 1. The highest BCUT2D eigenvalue weighted by Gasteiger charge is 2.27. The van der Waals surface area contributed by atoms with Gasteiger partial charge in [-0.1, -0.05) is 80.6 Å². The van der Waals surface area contributed by atoms with Crippen LogP contribution in [0.1, 0.15) is 67.3 Å². The van der Waals surface area contributed by atoms with Gasteiger partial charge in [-0.15, -0.1) is 0 Å². The minimum absolute atomic E-state index is 0.308. The maximum absolute atomic E-state index is 6.99.